The molecule has 2 aromatic heterocycles. The number of nitrogens with one attached hydrogen (secondary N) is 1. The number of hydrogen-bond acceptors (Lipinski definition) is 3. The lowest BCUT2D eigenvalue weighted by atomic mass is 10.0. The maximum atomic E-state index is 12.9. The van der Waals surface area contributed by atoms with Gasteiger partial charge in [-0.3, -0.25) is 9.78 Å². The molecule has 4 aromatic rings. The van der Waals surface area contributed by atoms with E-state index in [9.17, 15) is 9.90 Å². The summed E-state index contributed by atoms with van der Waals surface area (Å²) in [5.74, 6) is -0.219. The molecule has 0 aliphatic heterocycles. The van der Waals surface area contributed by atoms with E-state index < -0.39 is 0 Å². The van der Waals surface area contributed by atoms with Gasteiger partial charge in [-0.05, 0) is 62.7 Å². The molecule has 0 spiro atoms. The summed E-state index contributed by atoms with van der Waals surface area (Å²) in [6, 6.07) is 17.8. The molecule has 1 unspecified atom stereocenters. The van der Waals surface area contributed by atoms with Crippen LogP contribution in [0.15, 0.2) is 67.0 Å². The number of hydrogen-bond donors (Lipinski definition) is 2. The Labute approximate surface area is 176 Å². The minimum atomic E-state index is -0.321. The average Bonchev–Trinajstić information content (AvgIpc) is 3.18. The van der Waals surface area contributed by atoms with E-state index in [-0.39, 0.29) is 18.6 Å². The molecular weight excluding hydrogens is 374 g/mol. The first-order valence-corrected chi connectivity index (χ1v) is 10.0. The van der Waals surface area contributed by atoms with Crippen LogP contribution < -0.4 is 5.32 Å². The molecule has 0 aliphatic rings. The van der Waals surface area contributed by atoms with E-state index in [1.54, 1.807) is 6.92 Å². The van der Waals surface area contributed by atoms with Crippen LogP contribution in [0.25, 0.3) is 27.8 Å². The monoisotopic (exact) mass is 399 g/mol. The number of amides is 1. The molecule has 2 heterocycles. The van der Waals surface area contributed by atoms with Crippen molar-refractivity contribution < 1.29 is 9.90 Å². The van der Waals surface area contributed by atoms with E-state index in [1.165, 1.54) is 5.56 Å². The molecule has 0 saturated heterocycles. The number of nitrogens with zero attached hydrogens (tertiary/aromatic N) is 2. The highest BCUT2D eigenvalue weighted by Gasteiger charge is 2.16. The lowest BCUT2D eigenvalue weighted by molar-refractivity contribution is 0.0922. The number of aliphatic hydroxyl groups excluding tert-OH is 1. The fourth-order valence-corrected chi connectivity index (χ4v) is 3.50. The van der Waals surface area contributed by atoms with Crippen molar-refractivity contribution in [1.82, 2.24) is 14.9 Å². The second-order valence-electron chi connectivity index (χ2n) is 7.76. The number of pyridine rings is 1. The molecule has 0 aliphatic carbocycles. The van der Waals surface area contributed by atoms with E-state index in [2.05, 4.69) is 52.1 Å². The van der Waals surface area contributed by atoms with Crippen LogP contribution in [0.5, 0.6) is 0 Å². The third-order valence-corrected chi connectivity index (χ3v) is 5.22. The molecule has 0 saturated carbocycles. The van der Waals surface area contributed by atoms with Crippen LogP contribution >= 0.6 is 0 Å². The molecule has 0 radical (unpaired) electrons. The summed E-state index contributed by atoms with van der Waals surface area (Å²) in [7, 11) is 0. The first-order chi connectivity index (χ1) is 14.5. The van der Waals surface area contributed by atoms with Gasteiger partial charge in [-0.25, -0.2) is 0 Å². The number of rotatable bonds is 5. The maximum absolute atomic E-state index is 12.9. The van der Waals surface area contributed by atoms with E-state index >= 15 is 0 Å². The molecular formula is C25H25N3O2. The summed E-state index contributed by atoms with van der Waals surface area (Å²) >= 11 is 0. The van der Waals surface area contributed by atoms with Crippen molar-refractivity contribution in [2.45, 2.75) is 26.8 Å². The van der Waals surface area contributed by atoms with Crippen LogP contribution in [0.2, 0.25) is 0 Å². The zero-order valence-corrected chi connectivity index (χ0v) is 17.4. The number of aliphatic hydroxyl groups is 1. The van der Waals surface area contributed by atoms with E-state index in [4.69, 9.17) is 0 Å². The van der Waals surface area contributed by atoms with Crippen molar-refractivity contribution in [1.29, 1.82) is 0 Å². The molecule has 30 heavy (non-hydrogen) atoms. The van der Waals surface area contributed by atoms with E-state index in [0.29, 0.717) is 5.56 Å². The average molecular weight is 399 g/mol. The van der Waals surface area contributed by atoms with E-state index in [1.807, 2.05) is 43.6 Å². The van der Waals surface area contributed by atoms with Crippen molar-refractivity contribution >= 4 is 16.8 Å². The summed E-state index contributed by atoms with van der Waals surface area (Å²) in [5.41, 5.74) is 6.49. The van der Waals surface area contributed by atoms with Gasteiger partial charge in [-0.1, -0.05) is 23.8 Å². The van der Waals surface area contributed by atoms with Crippen molar-refractivity contribution in [3.63, 3.8) is 0 Å². The Balaban J connectivity index is 1.91. The van der Waals surface area contributed by atoms with Gasteiger partial charge in [0.1, 0.15) is 0 Å². The predicted octanol–water partition coefficient (Wildman–Crippen LogP) is 4.42. The Kier molecular flexibility index (Phi) is 5.38. The van der Waals surface area contributed by atoms with Gasteiger partial charge in [-0.2, -0.15) is 0 Å². The summed E-state index contributed by atoms with van der Waals surface area (Å²) in [6.45, 7) is 5.72. The predicted molar refractivity (Wildman–Crippen MR) is 120 cm³/mol. The Morgan fingerprint density at radius 3 is 2.47 bits per heavy atom. The Bertz CT molecular complexity index is 1190. The van der Waals surface area contributed by atoms with Crippen LogP contribution in [-0.2, 0) is 0 Å². The molecule has 2 N–H and O–H groups in total. The molecule has 0 bridgehead atoms. The Hall–Kier alpha value is -3.44. The smallest absolute Gasteiger partial charge is 0.251 e. The van der Waals surface area contributed by atoms with Crippen molar-refractivity contribution in [3.8, 4) is 16.9 Å². The molecule has 152 valence electrons. The van der Waals surface area contributed by atoms with Gasteiger partial charge < -0.3 is 15.0 Å². The number of carbonyl (C=O) groups is 1. The second kappa shape index (κ2) is 8.13. The topological polar surface area (TPSA) is 67.2 Å². The standard InChI is InChI=1S/C25H25N3O2/c1-16-4-7-20(8-5-16)28-11-10-21-22(23-9-6-17(2)14-26-23)12-19(13-24(21)28)25(30)27-18(3)15-29/h4-14,18,29H,15H2,1-3H3,(H,27,30). The number of aromatic nitrogens is 2. The Morgan fingerprint density at radius 2 is 1.80 bits per heavy atom. The van der Waals surface area contributed by atoms with Crippen LogP contribution in [0.1, 0.15) is 28.4 Å². The third-order valence-electron chi connectivity index (χ3n) is 5.22. The fourth-order valence-electron chi connectivity index (χ4n) is 3.50. The minimum absolute atomic E-state index is 0.111. The first-order valence-electron chi connectivity index (χ1n) is 10.0. The summed E-state index contributed by atoms with van der Waals surface area (Å²) in [5, 5.41) is 13.2. The normalized spacial score (nSPS) is 12.1. The number of benzene rings is 2. The summed E-state index contributed by atoms with van der Waals surface area (Å²) < 4.78 is 2.08. The van der Waals surface area contributed by atoms with Gasteiger partial charge in [0, 0.05) is 40.6 Å². The van der Waals surface area contributed by atoms with Gasteiger partial charge in [0.2, 0.25) is 0 Å². The van der Waals surface area contributed by atoms with Crippen molar-refractivity contribution in [2.75, 3.05) is 6.61 Å². The summed E-state index contributed by atoms with van der Waals surface area (Å²) in [6.07, 6.45) is 3.85. The lowest BCUT2D eigenvalue weighted by Gasteiger charge is -2.14. The number of fused-ring (bicyclic) bond motifs is 1. The zero-order chi connectivity index (χ0) is 21.3. The van der Waals surface area contributed by atoms with Crippen molar-refractivity contribution in [3.05, 3.63) is 83.7 Å². The van der Waals surface area contributed by atoms with Gasteiger partial charge in [0.05, 0.1) is 17.8 Å². The highest BCUT2D eigenvalue weighted by molar-refractivity contribution is 6.04. The summed E-state index contributed by atoms with van der Waals surface area (Å²) in [4.78, 5) is 17.4. The van der Waals surface area contributed by atoms with Gasteiger partial charge >= 0.3 is 0 Å². The molecule has 1 amide bonds. The second-order valence-corrected chi connectivity index (χ2v) is 7.76. The molecule has 5 nitrogen and oxygen atoms in total. The van der Waals surface area contributed by atoms with E-state index in [0.717, 1.165) is 33.4 Å². The highest BCUT2D eigenvalue weighted by Crippen LogP contribution is 2.32. The van der Waals surface area contributed by atoms with Gasteiger partial charge in [0.25, 0.3) is 5.91 Å². The number of aryl methyl sites for hydroxylation is 2. The minimum Gasteiger partial charge on any atom is -0.394 e. The largest absolute Gasteiger partial charge is 0.394 e. The number of carbonyl (C=O) groups excluding carboxylic acids is 1. The third kappa shape index (κ3) is 3.84. The zero-order valence-electron chi connectivity index (χ0n) is 17.4. The quantitative estimate of drug-likeness (QED) is 0.522. The Morgan fingerprint density at radius 1 is 1.07 bits per heavy atom. The molecule has 1 atom stereocenters. The van der Waals surface area contributed by atoms with Gasteiger partial charge in [-0.15, -0.1) is 0 Å². The molecule has 5 heteroatoms. The highest BCUT2D eigenvalue weighted by atomic mass is 16.3. The maximum Gasteiger partial charge on any atom is 0.251 e. The first kappa shape index (κ1) is 19.9. The molecule has 0 fully saturated rings. The SMILES string of the molecule is Cc1ccc(-n2ccc3c(-c4ccc(C)cn4)cc(C(=O)NC(C)CO)cc32)cc1. The van der Waals surface area contributed by atoms with Gasteiger partial charge in [0.15, 0.2) is 0 Å². The fraction of sp³-hybridized carbons (Fsp3) is 0.200. The lowest BCUT2D eigenvalue weighted by Crippen LogP contribution is -2.35. The van der Waals surface area contributed by atoms with Crippen LogP contribution in [-0.4, -0.2) is 33.2 Å². The van der Waals surface area contributed by atoms with Crippen LogP contribution in [0.3, 0.4) is 0 Å². The molecule has 4 rings (SSSR count). The van der Waals surface area contributed by atoms with Crippen molar-refractivity contribution in [2.24, 2.45) is 0 Å². The van der Waals surface area contributed by atoms with Crippen LogP contribution in [0, 0.1) is 13.8 Å². The molecule has 2 aromatic carbocycles. The van der Waals surface area contributed by atoms with Crippen LogP contribution in [0.4, 0.5) is 0 Å².